The lowest BCUT2D eigenvalue weighted by Gasteiger charge is -2.54. The van der Waals surface area contributed by atoms with Gasteiger partial charge >= 0.3 is 0 Å². The molecule has 2 fully saturated rings. The molecule has 10 heteroatoms. The zero-order valence-electron chi connectivity index (χ0n) is 9.40. The minimum atomic E-state index is -5.00. The standard InChI is InChI=1S/C10H8F10/c11-1-2(12)6(16)10(20)8(18)4(14)3(13)7(17)9(10,19)5(1)15/h1-8H. The van der Waals surface area contributed by atoms with Gasteiger partial charge in [-0.05, 0) is 0 Å². The number of rotatable bonds is 0. The fourth-order valence-corrected chi connectivity index (χ4v) is 2.72. The van der Waals surface area contributed by atoms with Gasteiger partial charge in [0.05, 0.1) is 0 Å². The van der Waals surface area contributed by atoms with Crippen molar-refractivity contribution in [2.45, 2.75) is 60.7 Å². The molecule has 0 spiro atoms. The lowest BCUT2D eigenvalue weighted by atomic mass is 9.60. The summed E-state index contributed by atoms with van der Waals surface area (Å²) in [7, 11) is 0. The van der Waals surface area contributed by atoms with Crippen LogP contribution in [0.3, 0.4) is 0 Å². The summed E-state index contributed by atoms with van der Waals surface area (Å²) in [5, 5.41) is 0. The highest BCUT2D eigenvalue weighted by Gasteiger charge is 2.83. The molecule has 8 unspecified atom stereocenters. The summed E-state index contributed by atoms with van der Waals surface area (Å²) in [5.41, 5.74) is -10.0. The first-order valence-corrected chi connectivity index (χ1v) is 5.53. The Balaban J connectivity index is 2.62. The molecule has 0 amide bonds. The molecule has 8 atom stereocenters. The predicted molar refractivity (Wildman–Crippen MR) is 46.8 cm³/mol. The van der Waals surface area contributed by atoms with E-state index in [-0.39, 0.29) is 0 Å². The zero-order valence-corrected chi connectivity index (χ0v) is 9.40. The molecule has 0 saturated heterocycles. The summed E-state index contributed by atoms with van der Waals surface area (Å²) >= 11 is 0. The van der Waals surface area contributed by atoms with Gasteiger partial charge in [-0.2, -0.15) is 0 Å². The number of alkyl halides is 10. The monoisotopic (exact) mass is 318 g/mol. The third-order valence-corrected chi connectivity index (χ3v) is 3.92. The van der Waals surface area contributed by atoms with Crippen molar-refractivity contribution >= 4 is 0 Å². The van der Waals surface area contributed by atoms with Gasteiger partial charge in [0, 0.05) is 0 Å². The molecule has 0 heterocycles. The molecular formula is C10H8F10. The highest BCUT2D eigenvalue weighted by molar-refractivity contribution is 5.28. The molecule has 2 rings (SSSR count). The van der Waals surface area contributed by atoms with Crippen LogP contribution < -0.4 is 0 Å². The Kier molecular flexibility index (Phi) is 3.45. The van der Waals surface area contributed by atoms with Gasteiger partial charge in [0.1, 0.15) is 0 Å². The lowest BCUT2D eigenvalue weighted by Crippen LogP contribution is -2.82. The van der Waals surface area contributed by atoms with Crippen LogP contribution in [0.2, 0.25) is 0 Å². The molecule has 0 aromatic carbocycles. The third-order valence-electron chi connectivity index (χ3n) is 3.92. The SMILES string of the molecule is FC1C(F)C(F)C2(F)C(F)C(F)C(F)C(F)C2(F)C1F. The first-order chi connectivity index (χ1) is 9.02. The largest absolute Gasteiger partial charge is 0.241 e. The lowest BCUT2D eigenvalue weighted by molar-refractivity contribution is -0.287. The van der Waals surface area contributed by atoms with E-state index in [4.69, 9.17) is 0 Å². The Morgan fingerprint density at radius 1 is 0.400 bits per heavy atom. The second-order valence-corrected chi connectivity index (χ2v) is 4.92. The molecule has 0 aromatic rings. The van der Waals surface area contributed by atoms with E-state index in [1.165, 1.54) is 0 Å². The van der Waals surface area contributed by atoms with Crippen molar-refractivity contribution < 1.29 is 43.9 Å². The van der Waals surface area contributed by atoms with E-state index in [0.29, 0.717) is 0 Å². The molecule has 0 bridgehead atoms. The second kappa shape index (κ2) is 4.40. The van der Waals surface area contributed by atoms with Crippen LogP contribution in [0.4, 0.5) is 43.9 Å². The fraction of sp³-hybridized carbons (Fsp3) is 1.00. The van der Waals surface area contributed by atoms with Crippen molar-refractivity contribution in [3.05, 3.63) is 0 Å². The molecule has 2 aliphatic rings. The topological polar surface area (TPSA) is 0 Å². The third kappa shape index (κ3) is 1.45. The van der Waals surface area contributed by atoms with Crippen molar-refractivity contribution in [3.8, 4) is 0 Å². The molecule has 0 radical (unpaired) electrons. The van der Waals surface area contributed by atoms with Crippen LogP contribution >= 0.6 is 0 Å². The van der Waals surface area contributed by atoms with Gasteiger partial charge in [0.25, 0.3) is 0 Å². The molecule has 20 heavy (non-hydrogen) atoms. The van der Waals surface area contributed by atoms with Crippen molar-refractivity contribution in [2.24, 2.45) is 0 Å². The Bertz CT molecular complexity index is 324. The van der Waals surface area contributed by atoms with Crippen LogP contribution in [0.5, 0.6) is 0 Å². The normalized spacial score (nSPS) is 63.9. The summed E-state index contributed by atoms with van der Waals surface area (Å²) in [6.45, 7) is 0. The molecular weight excluding hydrogens is 310 g/mol. The summed E-state index contributed by atoms with van der Waals surface area (Å²) in [6, 6.07) is 0. The van der Waals surface area contributed by atoms with Gasteiger partial charge in [0.2, 0.25) is 11.3 Å². The summed E-state index contributed by atoms with van der Waals surface area (Å²) < 4.78 is 134. The van der Waals surface area contributed by atoms with E-state index in [2.05, 4.69) is 0 Å². The second-order valence-electron chi connectivity index (χ2n) is 4.92. The minimum Gasteiger partial charge on any atom is -0.241 e. The summed E-state index contributed by atoms with van der Waals surface area (Å²) in [5.74, 6) is 0. The van der Waals surface area contributed by atoms with E-state index >= 15 is 0 Å². The van der Waals surface area contributed by atoms with E-state index in [1.807, 2.05) is 0 Å². The highest BCUT2D eigenvalue weighted by Crippen LogP contribution is 2.58. The predicted octanol–water partition coefficient (Wildman–Crippen LogP) is 3.14. The van der Waals surface area contributed by atoms with Crippen molar-refractivity contribution in [1.82, 2.24) is 0 Å². The number of hydrogen-bond donors (Lipinski definition) is 0. The zero-order chi connectivity index (χ0) is 15.6. The minimum absolute atomic E-state index is 3.67. The maximum Gasteiger partial charge on any atom is 0.218 e. The van der Waals surface area contributed by atoms with Crippen molar-refractivity contribution in [3.63, 3.8) is 0 Å². The Morgan fingerprint density at radius 2 is 0.550 bits per heavy atom. The highest BCUT2D eigenvalue weighted by atomic mass is 19.2. The maximum atomic E-state index is 14.1. The summed E-state index contributed by atoms with van der Waals surface area (Å²) in [6.07, 6.45) is -30.8. The molecule has 0 aromatic heterocycles. The van der Waals surface area contributed by atoms with Crippen LogP contribution in [-0.4, -0.2) is 60.7 Å². The average molecular weight is 318 g/mol. The molecule has 2 aliphatic carbocycles. The number of hydrogen-bond acceptors (Lipinski definition) is 0. The van der Waals surface area contributed by atoms with Crippen LogP contribution in [0.15, 0.2) is 0 Å². The molecule has 0 aliphatic heterocycles. The van der Waals surface area contributed by atoms with Crippen LogP contribution in [0.25, 0.3) is 0 Å². The smallest absolute Gasteiger partial charge is 0.218 e. The van der Waals surface area contributed by atoms with Gasteiger partial charge < -0.3 is 0 Å². The number of fused-ring (bicyclic) bond motifs is 1. The fourth-order valence-electron chi connectivity index (χ4n) is 2.72. The van der Waals surface area contributed by atoms with Gasteiger partial charge in [-0.25, -0.2) is 43.9 Å². The van der Waals surface area contributed by atoms with Crippen LogP contribution in [0, 0.1) is 0 Å². The van der Waals surface area contributed by atoms with Gasteiger partial charge in [0.15, 0.2) is 49.4 Å². The van der Waals surface area contributed by atoms with E-state index in [9.17, 15) is 43.9 Å². The first-order valence-electron chi connectivity index (χ1n) is 5.53. The van der Waals surface area contributed by atoms with Gasteiger partial charge in [-0.15, -0.1) is 0 Å². The quantitative estimate of drug-likeness (QED) is 0.602. The Labute approximate surface area is 106 Å². The van der Waals surface area contributed by atoms with Crippen molar-refractivity contribution in [2.75, 3.05) is 0 Å². The van der Waals surface area contributed by atoms with Crippen molar-refractivity contribution in [1.29, 1.82) is 0 Å². The van der Waals surface area contributed by atoms with Crippen LogP contribution in [0.1, 0.15) is 0 Å². The average Bonchev–Trinajstić information content (AvgIpc) is 2.44. The van der Waals surface area contributed by atoms with Gasteiger partial charge in [-0.1, -0.05) is 0 Å². The molecule has 118 valence electrons. The van der Waals surface area contributed by atoms with E-state index < -0.39 is 60.7 Å². The molecule has 2 saturated carbocycles. The Hall–Kier alpha value is -0.700. The van der Waals surface area contributed by atoms with E-state index in [0.717, 1.165) is 0 Å². The first kappa shape index (κ1) is 15.7. The maximum absolute atomic E-state index is 14.1. The summed E-state index contributed by atoms with van der Waals surface area (Å²) in [4.78, 5) is 0. The molecule has 0 N–H and O–H groups in total. The van der Waals surface area contributed by atoms with Crippen LogP contribution in [-0.2, 0) is 0 Å². The Morgan fingerprint density at radius 3 is 0.700 bits per heavy atom. The molecule has 0 nitrogen and oxygen atoms in total. The van der Waals surface area contributed by atoms with Gasteiger partial charge in [-0.3, -0.25) is 0 Å². The number of halogens is 10. The van der Waals surface area contributed by atoms with E-state index in [1.54, 1.807) is 0 Å².